The zero-order chi connectivity index (χ0) is 13.4. The number of thioether (sulfide) groups is 1. The number of aryl methyl sites for hydroxylation is 1. The monoisotopic (exact) mass is 279 g/mol. The van der Waals surface area contributed by atoms with E-state index in [9.17, 15) is 4.79 Å². The lowest BCUT2D eigenvalue weighted by molar-refractivity contribution is -0.133. The molecule has 1 aliphatic carbocycles. The highest BCUT2D eigenvalue weighted by Gasteiger charge is 2.30. The van der Waals surface area contributed by atoms with Gasteiger partial charge in [-0.3, -0.25) is 9.36 Å². The number of carboxylic acid groups (broad SMARTS) is 1. The van der Waals surface area contributed by atoms with Gasteiger partial charge in [-0.15, -0.1) is 10.2 Å². The van der Waals surface area contributed by atoms with Crippen LogP contribution in [-0.2, 0) is 11.8 Å². The number of carboxylic acids is 1. The molecule has 19 heavy (non-hydrogen) atoms. The minimum Gasteiger partial charge on any atom is -0.481 e. The third kappa shape index (κ3) is 2.48. The summed E-state index contributed by atoms with van der Waals surface area (Å²) in [5.41, 5.74) is 0.768. The molecule has 100 valence electrons. The summed E-state index contributed by atoms with van der Waals surface area (Å²) >= 11 is 1.20. The largest absolute Gasteiger partial charge is 0.481 e. The smallest absolute Gasteiger partial charge is 0.313 e. The predicted molar refractivity (Wildman–Crippen MR) is 68.9 cm³/mol. The van der Waals surface area contributed by atoms with E-state index in [1.165, 1.54) is 11.8 Å². The second-order valence-electron chi connectivity index (χ2n) is 4.51. The molecule has 0 saturated heterocycles. The highest BCUT2D eigenvalue weighted by Crippen LogP contribution is 2.40. The Bertz CT molecular complexity index is 616. The van der Waals surface area contributed by atoms with Crippen LogP contribution in [0.15, 0.2) is 17.7 Å². The standard InChI is InChI=1S/C11H13N5O2S/c1-15-4-8(12-6-15)10-13-14-11(19-5-9(17)18)16(10)7-2-3-7/h4,6-7H,2-3,5H2,1H3,(H,17,18). The molecular formula is C11H13N5O2S. The van der Waals surface area contributed by atoms with Crippen molar-refractivity contribution in [3.8, 4) is 11.5 Å². The van der Waals surface area contributed by atoms with E-state index >= 15 is 0 Å². The van der Waals surface area contributed by atoms with Gasteiger partial charge >= 0.3 is 5.97 Å². The topological polar surface area (TPSA) is 85.8 Å². The van der Waals surface area contributed by atoms with Gasteiger partial charge in [-0.2, -0.15) is 0 Å². The fourth-order valence-corrected chi connectivity index (χ4v) is 2.59. The Morgan fingerprint density at radius 2 is 2.32 bits per heavy atom. The zero-order valence-electron chi connectivity index (χ0n) is 10.4. The van der Waals surface area contributed by atoms with Crippen molar-refractivity contribution in [1.29, 1.82) is 0 Å². The molecule has 0 unspecified atom stereocenters. The lowest BCUT2D eigenvalue weighted by atomic mass is 10.4. The van der Waals surface area contributed by atoms with Crippen molar-refractivity contribution in [3.05, 3.63) is 12.5 Å². The van der Waals surface area contributed by atoms with Crippen LogP contribution < -0.4 is 0 Å². The molecule has 2 aromatic rings. The maximum absolute atomic E-state index is 10.7. The number of aromatic nitrogens is 5. The number of imidazole rings is 1. The van der Waals surface area contributed by atoms with Crippen LogP contribution in [-0.4, -0.2) is 41.1 Å². The Morgan fingerprint density at radius 3 is 2.89 bits per heavy atom. The third-order valence-electron chi connectivity index (χ3n) is 2.84. The normalized spacial score (nSPS) is 14.8. The van der Waals surface area contributed by atoms with Gasteiger partial charge in [0.15, 0.2) is 11.0 Å². The van der Waals surface area contributed by atoms with Crippen molar-refractivity contribution >= 4 is 17.7 Å². The van der Waals surface area contributed by atoms with Crippen molar-refractivity contribution in [2.45, 2.75) is 24.0 Å². The van der Waals surface area contributed by atoms with E-state index in [1.54, 1.807) is 6.33 Å². The summed E-state index contributed by atoms with van der Waals surface area (Å²) in [6.45, 7) is 0. The number of carbonyl (C=O) groups is 1. The highest BCUT2D eigenvalue weighted by molar-refractivity contribution is 7.99. The third-order valence-corrected chi connectivity index (χ3v) is 3.76. The van der Waals surface area contributed by atoms with Gasteiger partial charge in [-0.05, 0) is 12.8 Å². The first-order valence-corrected chi connectivity index (χ1v) is 6.91. The Kier molecular flexibility index (Phi) is 3.02. The molecule has 0 bridgehead atoms. The van der Waals surface area contributed by atoms with Crippen LogP contribution in [0.5, 0.6) is 0 Å². The molecule has 0 aliphatic heterocycles. The average Bonchev–Trinajstić information content (AvgIpc) is 2.97. The number of hydrogen-bond donors (Lipinski definition) is 1. The SMILES string of the molecule is Cn1cnc(-c2nnc(SCC(=O)O)n2C2CC2)c1. The molecule has 1 N–H and O–H groups in total. The Morgan fingerprint density at radius 1 is 1.53 bits per heavy atom. The van der Waals surface area contributed by atoms with Gasteiger partial charge < -0.3 is 9.67 Å². The number of rotatable bonds is 5. The van der Waals surface area contributed by atoms with Gasteiger partial charge in [0.2, 0.25) is 0 Å². The number of hydrogen-bond acceptors (Lipinski definition) is 5. The van der Waals surface area contributed by atoms with Crippen LogP contribution in [0.4, 0.5) is 0 Å². The molecule has 3 rings (SSSR count). The summed E-state index contributed by atoms with van der Waals surface area (Å²) in [6.07, 6.45) is 5.76. The average molecular weight is 279 g/mol. The van der Waals surface area contributed by atoms with Gasteiger partial charge in [0.05, 0.1) is 12.1 Å². The van der Waals surface area contributed by atoms with Crippen LogP contribution >= 0.6 is 11.8 Å². The summed E-state index contributed by atoms with van der Waals surface area (Å²) in [7, 11) is 1.90. The maximum Gasteiger partial charge on any atom is 0.313 e. The minimum atomic E-state index is -0.852. The molecule has 0 aromatic carbocycles. The van der Waals surface area contributed by atoms with Gasteiger partial charge in [0, 0.05) is 19.3 Å². The summed E-state index contributed by atoms with van der Waals surface area (Å²) in [4.78, 5) is 14.9. The second-order valence-corrected chi connectivity index (χ2v) is 5.46. The fourth-order valence-electron chi connectivity index (χ4n) is 1.87. The number of nitrogens with zero attached hydrogens (tertiary/aromatic N) is 5. The first kappa shape index (κ1) is 12.2. The Hall–Kier alpha value is -1.83. The first-order valence-electron chi connectivity index (χ1n) is 5.93. The van der Waals surface area contributed by atoms with E-state index < -0.39 is 5.97 Å². The quantitative estimate of drug-likeness (QED) is 0.827. The van der Waals surface area contributed by atoms with Crippen LogP contribution in [0.2, 0.25) is 0 Å². The van der Waals surface area contributed by atoms with Crippen molar-refractivity contribution < 1.29 is 9.90 Å². The Labute approximate surface area is 113 Å². The highest BCUT2D eigenvalue weighted by atomic mass is 32.2. The first-order chi connectivity index (χ1) is 9.15. The van der Waals surface area contributed by atoms with E-state index in [-0.39, 0.29) is 5.75 Å². The summed E-state index contributed by atoms with van der Waals surface area (Å²) in [5, 5.41) is 17.7. The maximum atomic E-state index is 10.7. The van der Waals surface area contributed by atoms with Crippen molar-refractivity contribution in [2.75, 3.05) is 5.75 Å². The molecule has 2 heterocycles. The lowest BCUT2D eigenvalue weighted by Crippen LogP contribution is -2.03. The molecule has 0 atom stereocenters. The summed E-state index contributed by atoms with van der Waals surface area (Å²) in [5.74, 6) is -0.140. The molecule has 1 saturated carbocycles. The van der Waals surface area contributed by atoms with Gasteiger partial charge in [0.25, 0.3) is 0 Å². The molecule has 8 heteroatoms. The zero-order valence-corrected chi connectivity index (χ0v) is 11.2. The van der Waals surface area contributed by atoms with Gasteiger partial charge in [-0.1, -0.05) is 11.8 Å². The van der Waals surface area contributed by atoms with Gasteiger partial charge in [0.1, 0.15) is 5.69 Å². The van der Waals surface area contributed by atoms with Crippen molar-refractivity contribution in [2.24, 2.45) is 7.05 Å². The summed E-state index contributed by atoms with van der Waals surface area (Å²) < 4.78 is 3.86. The van der Waals surface area contributed by atoms with E-state index in [4.69, 9.17) is 5.11 Å². The van der Waals surface area contributed by atoms with Crippen molar-refractivity contribution in [1.82, 2.24) is 24.3 Å². The van der Waals surface area contributed by atoms with Gasteiger partial charge in [-0.25, -0.2) is 4.98 Å². The molecule has 7 nitrogen and oxygen atoms in total. The van der Waals surface area contributed by atoms with Crippen LogP contribution in [0.25, 0.3) is 11.5 Å². The molecule has 0 radical (unpaired) electrons. The summed E-state index contributed by atoms with van der Waals surface area (Å²) in [6, 6.07) is 0.378. The molecule has 1 aliphatic rings. The molecule has 0 spiro atoms. The van der Waals surface area contributed by atoms with Crippen LogP contribution in [0, 0.1) is 0 Å². The van der Waals surface area contributed by atoms with E-state index in [0.717, 1.165) is 24.4 Å². The lowest BCUT2D eigenvalue weighted by Gasteiger charge is -2.06. The predicted octanol–water partition coefficient (Wildman–Crippen LogP) is 1.19. The molecular weight excluding hydrogens is 266 g/mol. The molecule has 0 amide bonds. The van der Waals surface area contributed by atoms with E-state index in [2.05, 4.69) is 15.2 Å². The number of aliphatic carboxylic acids is 1. The molecule has 2 aromatic heterocycles. The minimum absolute atomic E-state index is 0.00687. The van der Waals surface area contributed by atoms with E-state index in [0.29, 0.717) is 11.2 Å². The van der Waals surface area contributed by atoms with Crippen LogP contribution in [0.3, 0.4) is 0 Å². The fraction of sp³-hybridized carbons (Fsp3) is 0.455. The van der Waals surface area contributed by atoms with Crippen molar-refractivity contribution in [3.63, 3.8) is 0 Å². The Balaban J connectivity index is 1.94. The second kappa shape index (κ2) is 4.69. The van der Waals surface area contributed by atoms with E-state index in [1.807, 2.05) is 22.4 Å². The molecule has 1 fully saturated rings. The van der Waals surface area contributed by atoms with Crippen LogP contribution in [0.1, 0.15) is 18.9 Å².